The minimum Gasteiger partial charge on any atom is -0.433 e. The first-order valence-corrected chi connectivity index (χ1v) is 6.35. The number of aliphatic hydroxyl groups is 1. The first kappa shape index (κ1) is 17.1. The van der Waals surface area contributed by atoms with E-state index in [2.05, 4.69) is 15.4 Å². The molecule has 1 aromatic carbocycles. The number of amides is 2. The molecule has 0 bridgehead atoms. The maximum atomic E-state index is 13.1. The molecule has 0 aromatic heterocycles. The van der Waals surface area contributed by atoms with Crippen molar-refractivity contribution in [3.63, 3.8) is 0 Å². The Morgan fingerprint density at radius 1 is 1.43 bits per heavy atom. The summed E-state index contributed by atoms with van der Waals surface area (Å²) >= 11 is 0. The molecule has 0 aliphatic heterocycles. The number of hydrogen-bond donors (Lipinski definition) is 3. The van der Waals surface area contributed by atoms with Gasteiger partial charge < -0.3 is 20.5 Å². The number of halogens is 3. The van der Waals surface area contributed by atoms with Gasteiger partial charge in [0.2, 0.25) is 0 Å². The van der Waals surface area contributed by atoms with Gasteiger partial charge in [-0.2, -0.15) is 8.78 Å². The molecule has 21 heavy (non-hydrogen) atoms. The SMILES string of the molecule is CC(CCCO)NC(=O)Nc1cc(F)ccc1OC(F)F. The van der Waals surface area contributed by atoms with Crippen molar-refractivity contribution >= 4 is 11.7 Å². The third kappa shape index (κ3) is 6.35. The van der Waals surface area contributed by atoms with Gasteiger partial charge in [-0.15, -0.1) is 0 Å². The fraction of sp³-hybridized carbons (Fsp3) is 0.462. The molecule has 1 unspecified atom stereocenters. The molecule has 0 aliphatic rings. The number of alkyl halides is 2. The second-order valence-electron chi connectivity index (χ2n) is 4.38. The van der Waals surface area contributed by atoms with Crippen LogP contribution in [0.5, 0.6) is 5.75 Å². The maximum absolute atomic E-state index is 13.1. The summed E-state index contributed by atoms with van der Waals surface area (Å²) in [4.78, 5) is 11.7. The number of urea groups is 1. The highest BCUT2D eigenvalue weighted by molar-refractivity contribution is 5.91. The Morgan fingerprint density at radius 2 is 2.14 bits per heavy atom. The Labute approximate surface area is 120 Å². The van der Waals surface area contributed by atoms with E-state index in [-0.39, 0.29) is 24.1 Å². The lowest BCUT2D eigenvalue weighted by Crippen LogP contribution is -2.36. The average Bonchev–Trinajstić information content (AvgIpc) is 2.39. The number of hydrogen-bond acceptors (Lipinski definition) is 3. The standard InChI is InChI=1S/C13H17F3N2O3/c1-8(3-2-6-19)17-13(20)18-10-7-9(14)4-5-11(10)21-12(15)16/h4-5,7-8,12,19H,2-3,6H2,1H3,(H2,17,18,20). The fourth-order valence-electron chi connectivity index (χ4n) is 1.65. The van der Waals surface area contributed by atoms with Gasteiger partial charge in [-0.05, 0) is 31.9 Å². The summed E-state index contributed by atoms with van der Waals surface area (Å²) in [5.41, 5.74) is -0.192. The van der Waals surface area contributed by atoms with Gasteiger partial charge in [0.25, 0.3) is 0 Å². The minimum absolute atomic E-state index is 0.00388. The van der Waals surface area contributed by atoms with Gasteiger partial charge in [0, 0.05) is 18.7 Å². The van der Waals surface area contributed by atoms with E-state index in [0.717, 1.165) is 18.2 Å². The molecule has 1 aromatic rings. The smallest absolute Gasteiger partial charge is 0.387 e. The fourth-order valence-corrected chi connectivity index (χ4v) is 1.65. The van der Waals surface area contributed by atoms with Gasteiger partial charge in [0.15, 0.2) is 0 Å². The van der Waals surface area contributed by atoms with Crippen molar-refractivity contribution in [1.29, 1.82) is 0 Å². The third-order valence-corrected chi connectivity index (χ3v) is 2.58. The molecule has 0 saturated carbocycles. The number of carbonyl (C=O) groups is 1. The predicted molar refractivity (Wildman–Crippen MR) is 71.0 cm³/mol. The molecular weight excluding hydrogens is 289 g/mol. The van der Waals surface area contributed by atoms with Crippen molar-refractivity contribution in [2.24, 2.45) is 0 Å². The van der Waals surface area contributed by atoms with Gasteiger partial charge >= 0.3 is 12.6 Å². The number of rotatable bonds is 7. The van der Waals surface area contributed by atoms with Gasteiger partial charge in [0.1, 0.15) is 11.6 Å². The first-order valence-electron chi connectivity index (χ1n) is 6.35. The number of carbonyl (C=O) groups excluding carboxylic acids is 1. The van der Waals surface area contributed by atoms with Crippen LogP contribution < -0.4 is 15.4 Å². The van der Waals surface area contributed by atoms with E-state index < -0.39 is 18.5 Å². The highest BCUT2D eigenvalue weighted by Gasteiger charge is 2.14. The molecule has 0 heterocycles. The Balaban J connectivity index is 2.68. The molecule has 1 atom stereocenters. The normalized spacial score (nSPS) is 12.1. The zero-order chi connectivity index (χ0) is 15.8. The lowest BCUT2D eigenvalue weighted by Gasteiger charge is -2.16. The number of nitrogens with one attached hydrogen (secondary N) is 2. The molecule has 2 amide bonds. The summed E-state index contributed by atoms with van der Waals surface area (Å²) in [7, 11) is 0. The lowest BCUT2D eigenvalue weighted by molar-refractivity contribution is -0.0494. The quantitative estimate of drug-likeness (QED) is 0.725. The Morgan fingerprint density at radius 3 is 2.76 bits per heavy atom. The van der Waals surface area contributed by atoms with Crippen molar-refractivity contribution < 1.29 is 27.8 Å². The van der Waals surface area contributed by atoms with Crippen LogP contribution in [0.2, 0.25) is 0 Å². The second kappa shape index (κ2) is 8.35. The van der Waals surface area contributed by atoms with E-state index in [0.29, 0.717) is 12.8 Å². The van der Waals surface area contributed by atoms with Crippen LogP contribution in [0.25, 0.3) is 0 Å². The van der Waals surface area contributed by atoms with E-state index in [1.165, 1.54) is 0 Å². The van der Waals surface area contributed by atoms with E-state index in [4.69, 9.17) is 5.11 Å². The Bertz CT molecular complexity index is 472. The van der Waals surface area contributed by atoms with Crippen molar-refractivity contribution in [2.45, 2.75) is 32.4 Å². The van der Waals surface area contributed by atoms with E-state index in [9.17, 15) is 18.0 Å². The summed E-state index contributed by atoms with van der Waals surface area (Å²) in [6, 6.07) is 1.93. The molecule has 0 aliphatic carbocycles. The predicted octanol–water partition coefficient (Wildman–Crippen LogP) is 2.71. The summed E-state index contributed by atoms with van der Waals surface area (Å²) in [5, 5.41) is 13.5. The zero-order valence-electron chi connectivity index (χ0n) is 11.4. The molecule has 1 rings (SSSR count). The monoisotopic (exact) mass is 306 g/mol. The van der Waals surface area contributed by atoms with Crippen LogP contribution in [0.15, 0.2) is 18.2 Å². The largest absolute Gasteiger partial charge is 0.433 e. The van der Waals surface area contributed by atoms with Crippen LogP contribution in [0.4, 0.5) is 23.7 Å². The highest BCUT2D eigenvalue weighted by atomic mass is 19.3. The molecule has 0 radical (unpaired) electrons. The molecule has 8 heteroatoms. The molecule has 5 nitrogen and oxygen atoms in total. The lowest BCUT2D eigenvalue weighted by atomic mass is 10.2. The first-order chi connectivity index (χ1) is 9.92. The zero-order valence-corrected chi connectivity index (χ0v) is 11.4. The van der Waals surface area contributed by atoms with Crippen molar-refractivity contribution in [2.75, 3.05) is 11.9 Å². The molecule has 0 spiro atoms. The number of anilines is 1. The van der Waals surface area contributed by atoms with Crippen LogP contribution >= 0.6 is 0 Å². The molecule has 0 fully saturated rings. The highest BCUT2D eigenvalue weighted by Crippen LogP contribution is 2.26. The van der Waals surface area contributed by atoms with Crippen LogP contribution in [0, 0.1) is 5.82 Å². The Kier molecular flexibility index (Phi) is 6.80. The third-order valence-electron chi connectivity index (χ3n) is 2.58. The van der Waals surface area contributed by atoms with Gasteiger partial charge in [-0.25, -0.2) is 9.18 Å². The van der Waals surface area contributed by atoms with Gasteiger partial charge in [0.05, 0.1) is 5.69 Å². The van der Waals surface area contributed by atoms with Crippen LogP contribution in [0.3, 0.4) is 0 Å². The van der Waals surface area contributed by atoms with Crippen LogP contribution in [-0.4, -0.2) is 30.4 Å². The minimum atomic E-state index is -3.08. The van der Waals surface area contributed by atoms with Gasteiger partial charge in [-0.3, -0.25) is 0 Å². The maximum Gasteiger partial charge on any atom is 0.387 e. The topological polar surface area (TPSA) is 70.6 Å². The number of ether oxygens (including phenoxy) is 1. The summed E-state index contributed by atoms with van der Waals surface area (Å²) < 4.78 is 41.8. The average molecular weight is 306 g/mol. The van der Waals surface area contributed by atoms with Gasteiger partial charge in [-0.1, -0.05) is 0 Å². The van der Waals surface area contributed by atoms with Crippen LogP contribution in [0.1, 0.15) is 19.8 Å². The Hall–Kier alpha value is -1.96. The molecular formula is C13H17F3N2O3. The molecule has 0 saturated heterocycles. The molecule has 3 N–H and O–H groups in total. The summed E-state index contributed by atoms with van der Waals surface area (Å²) in [6.45, 7) is -1.36. The summed E-state index contributed by atoms with van der Waals surface area (Å²) in [6.07, 6.45) is 1.06. The van der Waals surface area contributed by atoms with Crippen molar-refractivity contribution in [1.82, 2.24) is 5.32 Å². The summed E-state index contributed by atoms with van der Waals surface area (Å²) in [5.74, 6) is -1.02. The van der Waals surface area contributed by atoms with Crippen molar-refractivity contribution in [3.8, 4) is 5.75 Å². The van der Waals surface area contributed by atoms with E-state index in [1.807, 2.05) is 0 Å². The van der Waals surface area contributed by atoms with E-state index >= 15 is 0 Å². The van der Waals surface area contributed by atoms with E-state index in [1.54, 1.807) is 6.92 Å². The van der Waals surface area contributed by atoms with Crippen molar-refractivity contribution in [3.05, 3.63) is 24.0 Å². The second-order valence-corrected chi connectivity index (χ2v) is 4.38. The number of benzene rings is 1. The van der Waals surface area contributed by atoms with Crippen LogP contribution in [-0.2, 0) is 0 Å². The number of aliphatic hydroxyl groups excluding tert-OH is 1. The molecule has 118 valence electrons.